The second-order valence-corrected chi connectivity index (χ2v) is 6.69. The maximum atomic E-state index is 13.3. The quantitative estimate of drug-likeness (QED) is 0.179. The summed E-state index contributed by atoms with van der Waals surface area (Å²) >= 11 is 0. The minimum atomic E-state index is -1.09. The summed E-state index contributed by atoms with van der Waals surface area (Å²) in [4.78, 5) is 30.7. The van der Waals surface area contributed by atoms with Crippen LogP contribution in [0.2, 0.25) is 0 Å². The van der Waals surface area contributed by atoms with E-state index >= 15 is 0 Å². The number of amides is 1. The van der Waals surface area contributed by atoms with E-state index in [9.17, 15) is 9.59 Å². The van der Waals surface area contributed by atoms with Crippen LogP contribution >= 0.6 is 0 Å². The number of allylic oxidation sites excluding steroid dienone is 1. The molecule has 1 aliphatic heterocycles. The van der Waals surface area contributed by atoms with Crippen LogP contribution < -0.4 is 0 Å². The third kappa shape index (κ3) is 3.79. The van der Waals surface area contributed by atoms with Gasteiger partial charge in [0.1, 0.15) is 5.41 Å². The molecule has 132 valence electrons. The Bertz CT molecular complexity index is 568. The van der Waals surface area contributed by atoms with E-state index in [-0.39, 0.29) is 17.7 Å². The molecule has 0 spiro atoms. The van der Waals surface area contributed by atoms with E-state index in [1.165, 1.54) is 0 Å². The second-order valence-electron chi connectivity index (χ2n) is 6.69. The number of carbonyl (C=O) groups excluding carboxylic acids is 2. The summed E-state index contributed by atoms with van der Waals surface area (Å²) in [5.41, 5.74) is 8.41. The molecule has 2 rings (SSSR count). The number of hydrogen-bond acceptors (Lipinski definition) is 4. The van der Waals surface area contributed by atoms with Crippen molar-refractivity contribution in [3.63, 3.8) is 0 Å². The van der Waals surface area contributed by atoms with Crippen LogP contribution in [0.25, 0.3) is 10.4 Å². The van der Waals surface area contributed by atoms with Gasteiger partial charge in [0, 0.05) is 31.5 Å². The van der Waals surface area contributed by atoms with Crippen molar-refractivity contribution in [3.05, 3.63) is 22.1 Å². The minimum Gasteiger partial charge on any atom is -0.383 e. The largest absolute Gasteiger partial charge is 0.383 e. The van der Waals surface area contributed by atoms with Gasteiger partial charge in [0.15, 0.2) is 5.78 Å². The Morgan fingerprint density at radius 3 is 3.04 bits per heavy atom. The van der Waals surface area contributed by atoms with Gasteiger partial charge in [0.2, 0.25) is 5.91 Å². The third-order valence-corrected chi connectivity index (χ3v) is 5.01. The molecule has 1 amide bonds. The van der Waals surface area contributed by atoms with E-state index in [2.05, 4.69) is 10.0 Å². The smallest absolute Gasteiger partial charge is 0.240 e. The molecule has 1 heterocycles. The zero-order valence-electron chi connectivity index (χ0n) is 14.5. The Kier molecular flexibility index (Phi) is 6.40. The van der Waals surface area contributed by atoms with Gasteiger partial charge in [0.25, 0.3) is 0 Å². The molecular formula is C17H26N4O3. The maximum absolute atomic E-state index is 13.3. The predicted octanol–water partition coefficient (Wildman–Crippen LogP) is 3.01. The molecule has 2 atom stereocenters. The first-order valence-corrected chi connectivity index (χ1v) is 8.57. The van der Waals surface area contributed by atoms with Crippen molar-refractivity contribution < 1.29 is 14.3 Å². The number of methoxy groups -OCH3 is 1. The van der Waals surface area contributed by atoms with E-state index in [0.29, 0.717) is 45.4 Å². The summed E-state index contributed by atoms with van der Waals surface area (Å²) in [6.07, 6.45) is 5.74. The Morgan fingerprint density at radius 2 is 2.33 bits per heavy atom. The normalized spacial score (nSPS) is 26.9. The Balaban J connectivity index is 2.27. The summed E-state index contributed by atoms with van der Waals surface area (Å²) in [5.74, 6) is -0.117. The predicted molar refractivity (Wildman–Crippen MR) is 90.3 cm³/mol. The lowest BCUT2D eigenvalue weighted by atomic mass is 9.71. The molecular weight excluding hydrogens is 308 g/mol. The molecule has 7 heteroatoms. The van der Waals surface area contributed by atoms with Gasteiger partial charge in [-0.1, -0.05) is 16.8 Å². The molecule has 7 nitrogen and oxygen atoms in total. The molecule has 1 fully saturated rings. The van der Waals surface area contributed by atoms with Gasteiger partial charge in [-0.3, -0.25) is 9.59 Å². The average molecular weight is 334 g/mol. The highest BCUT2D eigenvalue weighted by molar-refractivity contribution is 6.09. The van der Waals surface area contributed by atoms with Crippen molar-refractivity contribution in [1.29, 1.82) is 0 Å². The van der Waals surface area contributed by atoms with E-state index in [4.69, 9.17) is 10.3 Å². The number of azide groups is 1. The Hall–Kier alpha value is -1.85. The molecule has 1 aliphatic carbocycles. The van der Waals surface area contributed by atoms with Crippen molar-refractivity contribution in [2.45, 2.75) is 51.5 Å². The van der Waals surface area contributed by atoms with Crippen molar-refractivity contribution in [3.8, 4) is 0 Å². The summed E-state index contributed by atoms with van der Waals surface area (Å²) < 4.78 is 5.24. The van der Waals surface area contributed by atoms with Gasteiger partial charge >= 0.3 is 0 Å². The SMILES string of the molecule is COC[C@@H]1CCCN1C(=O)[C@]1(CCCN=[N+]=[N-])C=C(C)CCC1=O. The van der Waals surface area contributed by atoms with Gasteiger partial charge < -0.3 is 9.64 Å². The average Bonchev–Trinajstić information content (AvgIpc) is 3.02. The third-order valence-electron chi connectivity index (χ3n) is 5.01. The number of ketones is 1. The molecule has 1 saturated heterocycles. The molecule has 0 radical (unpaired) electrons. The van der Waals surface area contributed by atoms with Gasteiger partial charge in [-0.15, -0.1) is 0 Å². The van der Waals surface area contributed by atoms with Crippen molar-refractivity contribution >= 4 is 11.7 Å². The molecule has 0 bridgehead atoms. The topological polar surface area (TPSA) is 95.4 Å². The number of nitrogens with zero attached hydrogens (tertiary/aromatic N) is 4. The number of rotatable bonds is 7. The van der Waals surface area contributed by atoms with Gasteiger partial charge in [-0.2, -0.15) is 0 Å². The second kappa shape index (κ2) is 8.31. The standard InChI is InChI=1S/C17H26N4O3/c1-13-6-7-15(22)17(11-13,8-4-9-19-20-18)16(23)21-10-3-5-14(21)12-24-2/h11,14H,3-10,12H2,1-2H3/t14-,17+/m0/s1. The Labute approximate surface area is 142 Å². The van der Waals surface area contributed by atoms with Crippen molar-refractivity contribution in [2.24, 2.45) is 10.5 Å². The van der Waals surface area contributed by atoms with Crippen LogP contribution in [-0.4, -0.2) is 49.4 Å². The first-order chi connectivity index (χ1) is 11.5. The summed E-state index contributed by atoms with van der Waals surface area (Å²) in [5, 5.41) is 3.54. The lowest BCUT2D eigenvalue weighted by Crippen LogP contribution is -2.51. The molecule has 0 saturated carbocycles. The number of carbonyl (C=O) groups is 2. The van der Waals surface area contributed by atoms with E-state index < -0.39 is 5.41 Å². The van der Waals surface area contributed by atoms with Crippen LogP contribution in [0.4, 0.5) is 0 Å². The van der Waals surface area contributed by atoms with E-state index in [1.54, 1.807) is 7.11 Å². The van der Waals surface area contributed by atoms with Gasteiger partial charge in [-0.25, -0.2) is 0 Å². The molecule has 0 aromatic heterocycles. The number of likely N-dealkylation sites (tertiary alicyclic amines) is 1. The Morgan fingerprint density at radius 1 is 1.54 bits per heavy atom. The zero-order valence-corrected chi connectivity index (χ0v) is 14.5. The van der Waals surface area contributed by atoms with Crippen LogP contribution in [0.5, 0.6) is 0 Å². The van der Waals surface area contributed by atoms with E-state index in [0.717, 1.165) is 18.4 Å². The summed E-state index contributed by atoms with van der Waals surface area (Å²) in [7, 11) is 1.63. The first kappa shape index (κ1) is 18.5. The summed E-state index contributed by atoms with van der Waals surface area (Å²) in [6, 6.07) is 0.0416. The molecule has 0 unspecified atom stereocenters. The fourth-order valence-electron chi connectivity index (χ4n) is 3.80. The minimum absolute atomic E-state index is 0.0119. The molecule has 0 N–H and O–H groups in total. The highest BCUT2D eigenvalue weighted by atomic mass is 16.5. The number of hydrogen-bond donors (Lipinski definition) is 0. The number of ether oxygens (including phenoxy) is 1. The van der Waals surface area contributed by atoms with Gasteiger partial charge in [0.05, 0.1) is 12.6 Å². The zero-order chi connectivity index (χ0) is 17.6. The molecule has 0 aromatic rings. The lowest BCUT2D eigenvalue weighted by Gasteiger charge is -2.37. The molecule has 2 aliphatic rings. The highest BCUT2D eigenvalue weighted by Gasteiger charge is 2.48. The van der Waals surface area contributed by atoms with E-state index in [1.807, 2.05) is 17.9 Å². The molecule has 24 heavy (non-hydrogen) atoms. The van der Waals surface area contributed by atoms with Gasteiger partial charge in [-0.05, 0) is 44.6 Å². The summed E-state index contributed by atoms with van der Waals surface area (Å²) in [6.45, 7) is 3.44. The highest BCUT2D eigenvalue weighted by Crippen LogP contribution is 2.39. The monoisotopic (exact) mass is 334 g/mol. The fraction of sp³-hybridized carbons (Fsp3) is 0.765. The first-order valence-electron chi connectivity index (χ1n) is 8.57. The van der Waals surface area contributed by atoms with Crippen LogP contribution in [0, 0.1) is 5.41 Å². The molecule has 0 aromatic carbocycles. The van der Waals surface area contributed by atoms with Crippen LogP contribution in [0.1, 0.15) is 45.4 Å². The van der Waals surface area contributed by atoms with Crippen LogP contribution in [0.3, 0.4) is 0 Å². The lowest BCUT2D eigenvalue weighted by molar-refractivity contribution is -0.148. The van der Waals surface area contributed by atoms with Crippen molar-refractivity contribution in [2.75, 3.05) is 26.8 Å². The van der Waals surface area contributed by atoms with Crippen LogP contribution in [0.15, 0.2) is 16.8 Å². The van der Waals surface area contributed by atoms with Crippen molar-refractivity contribution in [1.82, 2.24) is 4.90 Å². The fourth-order valence-corrected chi connectivity index (χ4v) is 3.80. The number of Topliss-reactive ketones (excluding diaryl/α,β-unsaturated/α-hetero) is 1. The maximum Gasteiger partial charge on any atom is 0.240 e. The van der Waals surface area contributed by atoms with Crippen LogP contribution in [-0.2, 0) is 14.3 Å².